The predicted molar refractivity (Wildman–Crippen MR) is 26.4 cm³/mol. The van der Waals surface area contributed by atoms with Gasteiger partial charge in [0.2, 0.25) is 0 Å². The van der Waals surface area contributed by atoms with E-state index in [0.29, 0.717) is 6.92 Å². The molecular weight excluding hydrogens is 155 g/mol. The van der Waals surface area contributed by atoms with Gasteiger partial charge in [0.15, 0.2) is 12.8 Å². The lowest BCUT2D eigenvalue weighted by Crippen LogP contribution is -2.37. The van der Waals surface area contributed by atoms with E-state index in [2.05, 4.69) is 0 Å². The first-order valence-electron chi connectivity index (χ1n) is 2.63. The van der Waals surface area contributed by atoms with Crippen LogP contribution in [0.3, 0.4) is 0 Å². The Morgan fingerprint density at radius 2 is 1.70 bits per heavy atom. The minimum atomic E-state index is -4.19. The van der Waals surface area contributed by atoms with Crippen LogP contribution in [-0.2, 0) is 0 Å². The lowest BCUT2D eigenvalue weighted by Gasteiger charge is -2.17. The first-order chi connectivity index (χ1) is 4.41. The van der Waals surface area contributed by atoms with Gasteiger partial charge in [0, 0.05) is 0 Å². The van der Waals surface area contributed by atoms with Crippen molar-refractivity contribution < 1.29 is 22.0 Å². The van der Waals surface area contributed by atoms with Crippen molar-refractivity contribution in [3.05, 3.63) is 0 Å². The van der Waals surface area contributed by atoms with Gasteiger partial charge in [-0.2, -0.15) is 0 Å². The molecule has 0 saturated carbocycles. The molecule has 0 aliphatic heterocycles. The fraction of sp³-hybridized carbons (Fsp3) is 1.00. The van der Waals surface area contributed by atoms with Crippen LogP contribution in [0.1, 0.15) is 6.92 Å². The highest BCUT2D eigenvalue weighted by Crippen LogP contribution is 2.25. The molecule has 0 aromatic rings. The van der Waals surface area contributed by atoms with Crippen LogP contribution in [0.2, 0.25) is 0 Å². The smallest absolute Gasteiger partial charge is 0.244 e. The van der Waals surface area contributed by atoms with Crippen LogP contribution in [0.15, 0.2) is 0 Å². The van der Waals surface area contributed by atoms with E-state index < -0.39 is 24.9 Å². The summed E-state index contributed by atoms with van der Waals surface area (Å²) in [5.41, 5.74) is 0. The fourth-order valence-corrected chi connectivity index (χ4v) is 0.410. The minimum absolute atomic E-state index is 0.619. The summed E-state index contributed by atoms with van der Waals surface area (Å²) in [4.78, 5) is 0. The van der Waals surface area contributed by atoms with Gasteiger partial charge in [0.05, 0.1) is 0 Å². The van der Waals surface area contributed by atoms with E-state index in [9.17, 15) is 22.0 Å². The second-order valence-electron chi connectivity index (χ2n) is 1.97. The minimum Gasteiger partial charge on any atom is -0.244 e. The second-order valence-corrected chi connectivity index (χ2v) is 1.97. The molecule has 0 fully saturated rings. The normalized spacial score (nSPS) is 18.6. The zero-order chi connectivity index (χ0) is 8.36. The van der Waals surface area contributed by atoms with Crippen LogP contribution in [0.4, 0.5) is 22.0 Å². The zero-order valence-electron chi connectivity index (χ0n) is 5.25. The van der Waals surface area contributed by atoms with Crippen molar-refractivity contribution in [3.8, 4) is 0 Å². The Bertz CT molecular complexity index is 100. The van der Waals surface area contributed by atoms with Gasteiger partial charge in [-0.3, -0.25) is 0 Å². The van der Waals surface area contributed by atoms with Gasteiger partial charge in [-0.15, -0.1) is 0 Å². The predicted octanol–water partition coefficient (Wildman–Crippen LogP) is 2.29. The third-order valence-corrected chi connectivity index (χ3v) is 0.985. The van der Waals surface area contributed by atoms with Crippen molar-refractivity contribution in [2.75, 3.05) is 6.67 Å². The molecule has 0 nitrogen and oxygen atoms in total. The van der Waals surface area contributed by atoms with Crippen molar-refractivity contribution in [1.29, 1.82) is 0 Å². The maximum Gasteiger partial charge on any atom is 0.309 e. The maximum absolute atomic E-state index is 11.9. The molecule has 0 bridgehead atoms. The summed E-state index contributed by atoms with van der Waals surface area (Å²) in [5, 5.41) is 0. The van der Waals surface area contributed by atoms with E-state index in [1.54, 1.807) is 0 Å². The molecule has 0 rings (SSSR count). The molecule has 0 amide bonds. The first-order valence-corrected chi connectivity index (χ1v) is 2.63. The Morgan fingerprint density at radius 1 is 1.30 bits per heavy atom. The molecule has 0 aliphatic rings. The van der Waals surface area contributed by atoms with E-state index in [-0.39, 0.29) is 0 Å². The first kappa shape index (κ1) is 9.65. The third-order valence-electron chi connectivity index (χ3n) is 0.985. The van der Waals surface area contributed by atoms with E-state index in [4.69, 9.17) is 0 Å². The van der Waals surface area contributed by atoms with Crippen molar-refractivity contribution >= 4 is 0 Å². The van der Waals surface area contributed by atoms with Gasteiger partial charge in [0.1, 0.15) is 6.17 Å². The van der Waals surface area contributed by atoms with Gasteiger partial charge in [-0.05, 0) is 6.92 Å². The van der Waals surface area contributed by atoms with E-state index in [1.165, 1.54) is 0 Å². The Morgan fingerprint density at radius 3 is 1.80 bits per heavy atom. The van der Waals surface area contributed by atoms with Crippen LogP contribution in [-0.4, -0.2) is 24.9 Å². The molecule has 0 aromatic carbocycles. The SMILES string of the molecule is CC(F)C(F)C(F)(F)CF. The molecule has 0 saturated heterocycles. The summed E-state index contributed by atoms with van der Waals surface area (Å²) in [5.74, 6) is -4.19. The lowest BCUT2D eigenvalue weighted by molar-refractivity contribution is -0.109. The summed E-state index contributed by atoms with van der Waals surface area (Å²) in [6.45, 7) is -1.54. The Hall–Kier alpha value is -0.350. The molecule has 0 aromatic heterocycles. The van der Waals surface area contributed by atoms with E-state index in [0.717, 1.165) is 0 Å². The van der Waals surface area contributed by atoms with Crippen molar-refractivity contribution in [3.63, 3.8) is 0 Å². The molecule has 10 heavy (non-hydrogen) atoms. The molecule has 0 N–H and O–H groups in total. The van der Waals surface area contributed by atoms with Gasteiger partial charge in [0.25, 0.3) is 0 Å². The molecule has 0 heterocycles. The van der Waals surface area contributed by atoms with Crippen LogP contribution in [0, 0.1) is 0 Å². The summed E-state index contributed by atoms with van der Waals surface area (Å²) in [6, 6.07) is 0. The molecule has 62 valence electrons. The van der Waals surface area contributed by atoms with Crippen LogP contribution >= 0.6 is 0 Å². The van der Waals surface area contributed by atoms with Crippen molar-refractivity contribution in [1.82, 2.24) is 0 Å². The molecule has 2 atom stereocenters. The molecule has 0 radical (unpaired) electrons. The molecule has 0 spiro atoms. The lowest BCUT2D eigenvalue weighted by atomic mass is 10.1. The fourth-order valence-electron chi connectivity index (χ4n) is 0.410. The molecule has 2 unspecified atom stereocenters. The van der Waals surface area contributed by atoms with Gasteiger partial charge in [-0.25, -0.2) is 22.0 Å². The number of hydrogen-bond donors (Lipinski definition) is 0. The van der Waals surface area contributed by atoms with Crippen molar-refractivity contribution in [2.24, 2.45) is 0 Å². The zero-order valence-corrected chi connectivity index (χ0v) is 5.25. The largest absolute Gasteiger partial charge is 0.309 e. The van der Waals surface area contributed by atoms with Gasteiger partial charge < -0.3 is 0 Å². The summed E-state index contributed by atoms with van der Waals surface area (Å²) in [6.07, 6.45) is -5.39. The highest BCUT2D eigenvalue weighted by atomic mass is 19.3. The molecular formula is C5H7F5. The summed E-state index contributed by atoms with van der Waals surface area (Å²) in [7, 11) is 0. The van der Waals surface area contributed by atoms with Gasteiger partial charge in [-0.1, -0.05) is 0 Å². The second kappa shape index (κ2) is 3.16. The molecule has 5 heteroatoms. The Balaban J connectivity index is 4.03. The maximum atomic E-state index is 11.9. The molecule has 0 aliphatic carbocycles. The topological polar surface area (TPSA) is 0 Å². The Labute approximate surface area is 55.0 Å². The highest BCUT2D eigenvalue weighted by Gasteiger charge is 2.43. The summed E-state index contributed by atoms with van der Waals surface area (Å²) >= 11 is 0. The highest BCUT2D eigenvalue weighted by molar-refractivity contribution is 4.80. The van der Waals surface area contributed by atoms with E-state index >= 15 is 0 Å². The van der Waals surface area contributed by atoms with Crippen LogP contribution < -0.4 is 0 Å². The number of halogens is 5. The number of hydrogen-bond acceptors (Lipinski definition) is 0. The third kappa shape index (κ3) is 2.11. The standard InChI is InChI=1S/C5H7F5/c1-3(7)4(8)5(9,10)2-6/h3-4H,2H2,1H3. The quantitative estimate of drug-likeness (QED) is 0.558. The Kier molecular flexibility index (Phi) is 3.05. The van der Waals surface area contributed by atoms with Crippen LogP contribution in [0.5, 0.6) is 0 Å². The summed E-state index contributed by atoms with van der Waals surface area (Å²) < 4.78 is 58.5. The van der Waals surface area contributed by atoms with Gasteiger partial charge >= 0.3 is 5.92 Å². The average Bonchev–Trinajstić information content (AvgIpc) is 1.86. The number of rotatable bonds is 3. The van der Waals surface area contributed by atoms with Crippen molar-refractivity contribution in [2.45, 2.75) is 25.2 Å². The average molecular weight is 162 g/mol. The number of alkyl halides is 5. The van der Waals surface area contributed by atoms with E-state index in [1.807, 2.05) is 0 Å². The monoisotopic (exact) mass is 162 g/mol. The van der Waals surface area contributed by atoms with Crippen LogP contribution in [0.25, 0.3) is 0 Å².